The molecule has 8 heteroatoms. The lowest BCUT2D eigenvalue weighted by Gasteiger charge is -2.10. The summed E-state index contributed by atoms with van der Waals surface area (Å²) in [5, 5.41) is 13.1. The molecule has 31 heavy (non-hydrogen) atoms. The van der Waals surface area contributed by atoms with Gasteiger partial charge in [0.2, 0.25) is 0 Å². The van der Waals surface area contributed by atoms with E-state index < -0.39 is 0 Å². The second-order valence-electron chi connectivity index (χ2n) is 6.48. The van der Waals surface area contributed by atoms with E-state index >= 15 is 0 Å². The van der Waals surface area contributed by atoms with Gasteiger partial charge in [-0.3, -0.25) is 9.36 Å². The number of hydrazone groups is 1. The van der Waals surface area contributed by atoms with Gasteiger partial charge in [-0.25, -0.2) is 9.82 Å². The first kappa shape index (κ1) is 20.5. The Kier molecular flexibility index (Phi) is 6.49. The number of para-hydroxylation sites is 1. The van der Waals surface area contributed by atoms with Crippen LogP contribution in [0.5, 0.6) is 0 Å². The Morgan fingerprint density at radius 1 is 1.00 bits per heavy atom. The molecule has 1 heterocycles. The quantitative estimate of drug-likeness (QED) is 0.269. The van der Waals surface area contributed by atoms with Crippen LogP contribution in [0.1, 0.15) is 5.56 Å². The van der Waals surface area contributed by atoms with Crippen LogP contribution >= 0.6 is 11.8 Å². The van der Waals surface area contributed by atoms with Crippen molar-refractivity contribution in [2.24, 2.45) is 5.10 Å². The summed E-state index contributed by atoms with van der Waals surface area (Å²) in [5.41, 5.74) is 4.83. The van der Waals surface area contributed by atoms with Crippen LogP contribution in [0.3, 0.4) is 0 Å². The van der Waals surface area contributed by atoms with E-state index in [2.05, 4.69) is 20.7 Å². The van der Waals surface area contributed by atoms with Crippen molar-refractivity contribution in [3.63, 3.8) is 0 Å². The van der Waals surface area contributed by atoms with E-state index in [0.29, 0.717) is 16.5 Å². The fourth-order valence-corrected chi connectivity index (χ4v) is 3.62. The van der Waals surface area contributed by atoms with Gasteiger partial charge in [0.25, 0.3) is 5.91 Å². The van der Waals surface area contributed by atoms with E-state index in [-0.39, 0.29) is 17.5 Å². The van der Waals surface area contributed by atoms with E-state index in [1.54, 1.807) is 12.1 Å². The Bertz CT molecular complexity index is 1200. The maximum Gasteiger partial charge on any atom is 0.250 e. The first-order valence-corrected chi connectivity index (χ1v) is 10.5. The largest absolute Gasteiger partial charge is 0.272 e. The van der Waals surface area contributed by atoms with Gasteiger partial charge in [0.05, 0.1) is 12.0 Å². The molecule has 3 aromatic carbocycles. The average molecular weight is 431 g/mol. The third kappa shape index (κ3) is 5.23. The smallest absolute Gasteiger partial charge is 0.250 e. The number of rotatable bonds is 7. The van der Waals surface area contributed by atoms with E-state index in [9.17, 15) is 9.18 Å². The lowest BCUT2D eigenvalue weighted by Crippen LogP contribution is -2.20. The van der Waals surface area contributed by atoms with Gasteiger partial charge in [-0.05, 0) is 29.8 Å². The Hall–Kier alpha value is -3.78. The van der Waals surface area contributed by atoms with Gasteiger partial charge in [-0.1, -0.05) is 72.4 Å². The maximum absolute atomic E-state index is 13.2. The van der Waals surface area contributed by atoms with Gasteiger partial charge in [0, 0.05) is 11.3 Å². The van der Waals surface area contributed by atoms with E-state index in [1.807, 2.05) is 65.2 Å². The molecule has 0 atom stereocenters. The Labute approximate surface area is 182 Å². The molecule has 154 valence electrons. The van der Waals surface area contributed by atoms with Crippen LogP contribution in [0.25, 0.3) is 17.1 Å². The first-order valence-electron chi connectivity index (χ1n) is 9.47. The molecule has 1 amide bonds. The van der Waals surface area contributed by atoms with Crippen LogP contribution in [0.2, 0.25) is 0 Å². The molecule has 0 radical (unpaired) electrons. The standard InChI is InChI=1S/C23H18FN5OS/c24-19-11-7-8-17(14-19)15-25-26-21(30)16-31-23-28-27-22(18-9-3-1-4-10-18)29(23)20-12-5-2-6-13-20/h1-15H,16H2,(H,26,30). The number of benzene rings is 3. The number of amides is 1. The van der Waals surface area contributed by atoms with Crippen LogP contribution in [-0.2, 0) is 4.79 Å². The third-order valence-corrected chi connectivity index (χ3v) is 5.19. The molecule has 0 fully saturated rings. The first-order chi connectivity index (χ1) is 15.2. The number of carbonyl (C=O) groups excluding carboxylic acids is 1. The van der Waals surface area contributed by atoms with Gasteiger partial charge in [0.15, 0.2) is 11.0 Å². The van der Waals surface area contributed by atoms with Crippen LogP contribution in [0, 0.1) is 5.82 Å². The molecule has 0 aliphatic heterocycles. The fraction of sp³-hybridized carbons (Fsp3) is 0.0435. The molecule has 1 aromatic heterocycles. The van der Waals surface area contributed by atoms with Crippen LogP contribution in [0.15, 0.2) is 95.2 Å². The zero-order chi connectivity index (χ0) is 21.5. The SMILES string of the molecule is O=C(CSc1nnc(-c2ccccc2)n1-c1ccccc1)NN=Cc1cccc(F)c1. The molecular formula is C23H18FN5OS. The highest BCUT2D eigenvalue weighted by molar-refractivity contribution is 7.99. The Morgan fingerprint density at radius 3 is 2.48 bits per heavy atom. The second-order valence-corrected chi connectivity index (χ2v) is 7.42. The van der Waals surface area contributed by atoms with Crippen molar-refractivity contribution in [1.29, 1.82) is 0 Å². The third-order valence-electron chi connectivity index (χ3n) is 4.26. The molecule has 4 aromatic rings. The number of nitrogens with zero attached hydrogens (tertiary/aromatic N) is 4. The summed E-state index contributed by atoms with van der Waals surface area (Å²) in [5.74, 6) is 0.126. The molecular weight excluding hydrogens is 413 g/mol. The molecule has 0 unspecified atom stereocenters. The summed E-state index contributed by atoms with van der Waals surface area (Å²) in [6.45, 7) is 0. The zero-order valence-corrected chi connectivity index (χ0v) is 17.2. The van der Waals surface area contributed by atoms with Crippen molar-refractivity contribution in [3.05, 3.63) is 96.3 Å². The molecule has 1 N–H and O–H groups in total. The summed E-state index contributed by atoms with van der Waals surface area (Å²) < 4.78 is 15.1. The van der Waals surface area contributed by atoms with Gasteiger partial charge >= 0.3 is 0 Å². The number of carbonyl (C=O) groups is 1. The number of aromatic nitrogens is 3. The predicted molar refractivity (Wildman–Crippen MR) is 120 cm³/mol. The summed E-state index contributed by atoms with van der Waals surface area (Å²) in [7, 11) is 0. The summed E-state index contributed by atoms with van der Waals surface area (Å²) in [6, 6.07) is 25.4. The monoisotopic (exact) mass is 431 g/mol. The molecule has 0 spiro atoms. The van der Waals surface area contributed by atoms with Crippen molar-refractivity contribution in [2.45, 2.75) is 5.16 Å². The number of halogens is 1. The van der Waals surface area contributed by atoms with Crippen molar-refractivity contribution in [3.8, 4) is 17.1 Å². The van der Waals surface area contributed by atoms with Gasteiger partial charge in [0.1, 0.15) is 5.82 Å². The lowest BCUT2D eigenvalue weighted by atomic mass is 10.2. The number of hydrogen-bond acceptors (Lipinski definition) is 5. The Balaban J connectivity index is 1.48. The van der Waals surface area contributed by atoms with E-state index in [4.69, 9.17) is 0 Å². The maximum atomic E-state index is 13.2. The molecule has 0 aliphatic rings. The topological polar surface area (TPSA) is 72.2 Å². The number of nitrogens with one attached hydrogen (secondary N) is 1. The highest BCUT2D eigenvalue weighted by Crippen LogP contribution is 2.27. The predicted octanol–water partition coefficient (Wildman–Crippen LogP) is 4.32. The normalized spacial score (nSPS) is 11.0. The summed E-state index contributed by atoms with van der Waals surface area (Å²) in [6.07, 6.45) is 1.39. The average Bonchev–Trinajstić information content (AvgIpc) is 3.23. The molecule has 6 nitrogen and oxygen atoms in total. The molecule has 0 aliphatic carbocycles. The minimum Gasteiger partial charge on any atom is -0.272 e. The van der Waals surface area contributed by atoms with Crippen LogP contribution in [-0.4, -0.2) is 32.6 Å². The highest BCUT2D eigenvalue weighted by atomic mass is 32.2. The molecule has 0 saturated heterocycles. The Morgan fingerprint density at radius 2 is 1.74 bits per heavy atom. The summed E-state index contributed by atoms with van der Waals surface area (Å²) >= 11 is 1.26. The lowest BCUT2D eigenvalue weighted by molar-refractivity contribution is -0.118. The highest BCUT2D eigenvalue weighted by Gasteiger charge is 2.16. The van der Waals surface area contributed by atoms with E-state index in [0.717, 1.165) is 11.3 Å². The minimum absolute atomic E-state index is 0.0975. The summed E-state index contributed by atoms with van der Waals surface area (Å²) in [4.78, 5) is 12.2. The number of thioether (sulfide) groups is 1. The van der Waals surface area contributed by atoms with Crippen molar-refractivity contribution < 1.29 is 9.18 Å². The molecule has 0 bridgehead atoms. The van der Waals surface area contributed by atoms with E-state index in [1.165, 1.54) is 30.1 Å². The zero-order valence-electron chi connectivity index (χ0n) is 16.4. The molecule has 4 rings (SSSR count). The van der Waals surface area contributed by atoms with Crippen molar-refractivity contribution in [2.75, 3.05) is 5.75 Å². The van der Waals surface area contributed by atoms with Gasteiger partial charge in [-0.2, -0.15) is 5.10 Å². The molecule has 0 saturated carbocycles. The second kappa shape index (κ2) is 9.82. The van der Waals surface area contributed by atoms with Gasteiger partial charge < -0.3 is 0 Å². The van der Waals surface area contributed by atoms with Gasteiger partial charge in [-0.15, -0.1) is 10.2 Å². The van der Waals surface area contributed by atoms with Crippen LogP contribution < -0.4 is 5.43 Å². The fourth-order valence-electron chi connectivity index (χ4n) is 2.88. The van der Waals surface area contributed by atoms with Crippen molar-refractivity contribution >= 4 is 23.9 Å². The van der Waals surface area contributed by atoms with Crippen LogP contribution in [0.4, 0.5) is 4.39 Å². The number of hydrogen-bond donors (Lipinski definition) is 1. The minimum atomic E-state index is -0.361. The van der Waals surface area contributed by atoms with Crippen molar-refractivity contribution in [1.82, 2.24) is 20.2 Å².